The monoisotopic (exact) mass is 304 g/mol. The number of carbonyl (C=O) groups excluding carboxylic acids is 1. The van der Waals surface area contributed by atoms with E-state index in [4.69, 9.17) is 5.11 Å². The average Bonchev–Trinajstić information content (AvgIpc) is 2.25. The molecule has 1 heterocycles. The zero-order valence-corrected chi connectivity index (χ0v) is 11.4. The maximum absolute atomic E-state index is 11.8. The molecule has 0 aromatic rings. The van der Waals surface area contributed by atoms with Crippen LogP contribution in [0, 0.1) is 5.41 Å². The molecule has 0 aromatic heterocycles. The number of amides is 2. The van der Waals surface area contributed by atoms with Crippen molar-refractivity contribution in [3.8, 4) is 0 Å². The summed E-state index contributed by atoms with van der Waals surface area (Å²) in [6.07, 6.45) is 1.32. The maximum atomic E-state index is 11.8. The van der Waals surface area contributed by atoms with E-state index in [1.54, 1.807) is 11.8 Å². The number of hydrogen-bond donors (Lipinski definition) is 2. The molecular formula is C11H17BrN2O3. The Morgan fingerprint density at radius 2 is 2.24 bits per heavy atom. The standard InChI is InChI=1S/C11H17BrN2O3/c1-8(12)6-13-10(17)14-5-3-4-11(2,7-14)9(15)16/h1,3-7H2,2H3,(H,13,17)(H,15,16). The van der Waals surface area contributed by atoms with Crippen LogP contribution >= 0.6 is 15.9 Å². The molecule has 96 valence electrons. The summed E-state index contributed by atoms with van der Waals surface area (Å²) in [6.45, 7) is 6.50. The Bertz CT molecular complexity index is 346. The van der Waals surface area contributed by atoms with Gasteiger partial charge in [0.2, 0.25) is 0 Å². The number of carboxylic acid groups (broad SMARTS) is 1. The van der Waals surface area contributed by atoms with Gasteiger partial charge in [0.15, 0.2) is 0 Å². The Hall–Kier alpha value is -1.04. The van der Waals surface area contributed by atoms with Crippen molar-refractivity contribution in [3.63, 3.8) is 0 Å². The Labute approximate surface area is 109 Å². The van der Waals surface area contributed by atoms with Gasteiger partial charge >= 0.3 is 12.0 Å². The van der Waals surface area contributed by atoms with Crippen LogP contribution in [0.3, 0.4) is 0 Å². The lowest BCUT2D eigenvalue weighted by Gasteiger charge is -2.37. The molecule has 2 amide bonds. The zero-order chi connectivity index (χ0) is 13.1. The van der Waals surface area contributed by atoms with Gasteiger partial charge in [-0.05, 0) is 19.8 Å². The summed E-state index contributed by atoms with van der Waals surface area (Å²) < 4.78 is 0.684. The number of likely N-dealkylation sites (tertiary alicyclic amines) is 1. The molecule has 1 rings (SSSR count). The second-order valence-electron chi connectivity index (χ2n) is 4.57. The summed E-state index contributed by atoms with van der Waals surface area (Å²) in [6, 6.07) is -0.238. The van der Waals surface area contributed by atoms with Gasteiger partial charge in [-0.25, -0.2) is 4.79 Å². The molecule has 0 spiro atoms. The molecule has 6 heteroatoms. The second kappa shape index (κ2) is 5.53. The molecule has 1 unspecified atom stereocenters. The number of urea groups is 1. The quantitative estimate of drug-likeness (QED) is 0.835. The van der Waals surface area contributed by atoms with E-state index in [0.29, 0.717) is 30.4 Å². The number of nitrogens with one attached hydrogen (secondary N) is 1. The first-order valence-corrected chi connectivity index (χ1v) is 6.24. The molecule has 0 aromatic carbocycles. The number of hydrogen-bond acceptors (Lipinski definition) is 2. The molecule has 0 aliphatic carbocycles. The minimum atomic E-state index is -0.847. The van der Waals surface area contributed by atoms with Crippen LogP contribution in [0.4, 0.5) is 4.79 Å². The van der Waals surface area contributed by atoms with E-state index < -0.39 is 11.4 Å². The molecule has 1 saturated heterocycles. The molecular weight excluding hydrogens is 288 g/mol. The van der Waals surface area contributed by atoms with Crippen molar-refractivity contribution in [2.75, 3.05) is 19.6 Å². The van der Waals surface area contributed by atoms with E-state index in [0.717, 1.165) is 0 Å². The lowest BCUT2D eigenvalue weighted by molar-refractivity contribution is -0.150. The Morgan fingerprint density at radius 1 is 1.59 bits per heavy atom. The van der Waals surface area contributed by atoms with Gasteiger partial charge in [0.1, 0.15) is 0 Å². The zero-order valence-electron chi connectivity index (χ0n) is 9.83. The van der Waals surface area contributed by atoms with Crippen molar-refractivity contribution >= 4 is 27.9 Å². The molecule has 5 nitrogen and oxygen atoms in total. The van der Waals surface area contributed by atoms with Gasteiger partial charge in [-0.2, -0.15) is 0 Å². The third-order valence-corrected chi connectivity index (χ3v) is 3.21. The smallest absolute Gasteiger partial charge is 0.317 e. The predicted molar refractivity (Wildman–Crippen MR) is 68.0 cm³/mol. The summed E-state index contributed by atoms with van der Waals surface area (Å²) in [7, 11) is 0. The van der Waals surface area contributed by atoms with Gasteiger partial charge in [0.25, 0.3) is 0 Å². The molecule has 2 N–H and O–H groups in total. The van der Waals surface area contributed by atoms with Crippen LogP contribution in [-0.4, -0.2) is 41.6 Å². The van der Waals surface area contributed by atoms with Crippen LogP contribution in [0.25, 0.3) is 0 Å². The van der Waals surface area contributed by atoms with Gasteiger partial charge in [-0.3, -0.25) is 4.79 Å². The fourth-order valence-electron chi connectivity index (χ4n) is 1.87. The fourth-order valence-corrected chi connectivity index (χ4v) is 2.01. The van der Waals surface area contributed by atoms with Gasteiger partial charge in [0, 0.05) is 17.6 Å². The second-order valence-corrected chi connectivity index (χ2v) is 5.69. The highest BCUT2D eigenvalue weighted by molar-refractivity contribution is 9.11. The van der Waals surface area contributed by atoms with Crippen LogP contribution in [0.1, 0.15) is 19.8 Å². The highest BCUT2D eigenvalue weighted by Gasteiger charge is 2.39. The summed E-state index contributed by atoms with van der Waals surface area (Å²) in [5.74, 6) is -0.847. The number of halogens is 1. The molecule has 1 aliphatic rings. The molecule has 1 fully saturated rings. The number of carbonyl (C=O) groups is 2. The lowest BCUT2D eigenvalue weighted by atomic mass is 9.82. The van der Waals surface area contributed by atoms with Crippen molar-refractivity contribution in [2.24, 2.45) is 5.41 Å². The first kappa shape index (κ1) is 14.0. The van der Waals surface area contributed by atoms with Gasteiger partial charge < -0.3 is 15.3 Å². The summed E-state index contributed by atoms with van der Waals surface area (Å²) in [5, 5.41) is 11.8. The van der Waals surface area contributed by atoms with Crippen molar-refractivity contribution in [1.29, 1.82) is 0 Å². The van der Waals surface area contributed by atoms with E-state index in [9.17, 15) is 9.59 Å². The van der Waals surface area contributed by atoms with Gasteiger partial charge in [-0.1, -0.05) is 22.5 Å². The summed E-state index contributed by atoms with van der Waals surface area (Å²) in [5.41, 5.74) is -0.832. The van der Waals surface area contributed by atoms with Crippen molar-refractivity contribution in [2.45, 2.75) is 19.8 Å². The minimum Gasteiger partial charge on any atom is -0.481 e. The van der Waals surface area contributed by atoms with Crippen molar-refractivity contribution in [3.05, 3.63) is 11.1 Å². The predicted octanol–water partition coefficient (Wildman–Crippen LogP) is 1.79. The minimum absolute atomic E-state index is 0.238. The van der Waals surface area contributed by atoms with E-state index in [1.165, 1.54) is 0 Å². The number of aliphatic carboxylic acids is 1. The number of piperidine rings is 1. The third kappa shape index (κ3) is 3.73. The molecule has 0 bridgehead atoms. The summed E-state index contributed by atoms with van der Waals surface area (Å²) >= 11 is 3.15. The molecule has 1 aliphatic heterocycles. The van der Waals surface area contributed by atoms with Crippen molar-refractivity contribution in [1.82, 2.24) is 10.2 Å². The fraction of sp³-hybridized carbons (Fsp3) is 0.636. The number of nitrogens with zero attached hydrogens (tertiary/aromatic N) is 1. The van der Waals surface area contributed by atoms with E-state index in [2.05, 4.69) is 27.8 Å². The maximum Gasteiger partial charge on any atom is 0.317 e. The molecule has 0 saturated carbocycles. The van der Waals surface area contributed by atoms with Crippen LogP contribution in [0.5, 0.6) is 0 Å². The van der Waals surface area contributed by atoms with Gasteiger partial charge in [0.05, 0.1) is 12.0 Å². The number of carboxylic acids is 1. The Morgan fingerprint density at radius 3 is 2.76 bits per heavy atom. The molecule has 0 radical (unpaired) electrons. The normalized spacial score (nSPS) is 24.2. The number of rotatable bonds is 3. The van der Waals surface area contributed by atoms with Crippen LogP contribution in [0.15, 0.2) is 11.1 Å². The van der Waals surface area contributed by atoms with Gasteiger partial charge in [-0.15, -0.1) is 0 Å². The third-order valence-electron chi connectivity index (χ3n) is 2.93. The SMILES string of the molecule is C=C(Br)CNC(=O)N1CCCC(C)(C(=O)O)C1. The highest BCUT2D eigenvalue weighted by atomic mass is 79.9. The molecule has 17 heavy (non-hydrogen) atoms. The van der Waals surface area contributed by atoms with E-state index in [1.807, 2.05) is 0 Å². The van der Waals surface area contributed by atoms with E-state index in [-0.39, 0.29) is 12.6 Å². The van der Waals surface area contributed by atoms with Crippen LogP contribution in [0.2, 0.25) is 0 Å². The average molecular weight is 305 g/mol. The van der Waals surface area contributed by atoms with Crippen LogP contribution in [-0.2, 0) is 4.79 Å². The topological polar surface area (TPSA) is 69.6 Å². The van der Waals surface area contributed by atoms with Crippen LogP contribution < -0.4 is 5.32 Å². The lowest BCUT2D eigenvalue weighted by Crippen LogP contribution is -2.51. The Balaban J connectivity index is 2.57. The summed E-state index contributed by atoms with van der Waals surface area (Å²) in [4.78, 5) is 24.5. The first-order valence-electron chi connectivity index (χ1n) is 5.44. The van der Waals surface area contributed by atoms with E-state index >= 15 is 0 Å². The Kier molecular flexibility index (Phi) is 4.56. The molecule has 1 atom stereocenters. The largest absolute Gasteiger partial charge is 0.481 e. The highest BCUT2D eigenvalue weighted by Crippen LogP contribution is 2.29. The first-order chi connectivity index (χ1) is 7.85. The van der Waals surface area contributed by atoms with Crippen molar-refractivity contribution < 1.29 is 14.7 Å².